The Kier molecular flexibility index (Phi) is 3.94. The standard InChI is InChI=1S/C11H14N2/c1-3-10-5-4-6-11(7-10)8-13-9-12-2/h4-7H,3,8H2,1-2H3. The molecule has 0 N–H and O–H groups in total. The predicted molar refractivity (Wildman–Crippen MR) is 55.3 cm³/mol. The Balaban J connectivity index is 2.72. The van der Waals surface area contributed by atoms with E-state index in [0.29, 0.717) is 6.54 Å². The zero-order chi connectivity index (χ0) is 9.52. The van der Waals surface area contributed by atoms with Gasteiger partial charge in [0.1, 0.15) is 0 Å². The second kappa shape index (κ2) is 5.28. The van der Waals surface area contributed by atoms with Crippen LogP contribution < -0.4 is 0 Å². The summed E-state index contributed by atoms with van der Waals surface area (Å²) in [6.07, 6.45) is 1.07. The molecule has 0 atom stereocenters. The van der Waals surface area contributed by atoms with Crippen LogP contribution in [-0.4, -0.2) is 13.1 Å². The van der Waals surface area contributed by atoms with E-state index >= 15 is 0 Å². The average molecular weight is 174 g/mol. The normalized spacial score (nSPS) is 9.08. The van der Waals surface area contributed by atoms with Crippen molar-refractivity contribution in [2.45, 2.75) is 19.9 Å². The van der Waals surface area contributed by atoms with Gasteiger partial charge in [0.15, 0.2) is 0 Å². The third-order valence-corrected chi connectivity index (χ3v) is 1.83. The fraction of sp³-hybridized carbons (Fsp3) is 0.364. The quantitative estimate of drug-likeness (QED) is 0.629. The van der Waals surface area contributed by atoms with Gasteiger partial charge in [-0.25, -0.2) is 9.98 Å². The summed E-state index contributed by atoms with van der Waals surface area (Å²) in [5, 5.41) is 0. The Morgan fingerprint density at radius 1 is 1.31 bits per heavy atom. The number of aryl methyl sites for hydroxylation is 1. The van der Waals surface area contributed by atoms with Crippen molar-refractivity contribution in [2.24, 2.45) is 9.98 Å². The third-order valence-electron chi connectivity index (χ3n) is 1.83. The van der Waals surface area contributed by atoms with Gasteiger partial charge in [-0.15, -0.1) is 0 Å². The SMILES string of the molecule is CCc1cccc(CN=C=NC)c1. The minimum Gasteiger partial charge on any atom is -0.229 e. The zero-order valence-electron chi connectivity index (χ0n) is 8.12. The molecule has 0 saturated carbocycles. The van der Waals surface area contributed by atoms with E-state index in [0.717, 1.165) is 6.42 Å². The molecular formula is C11H14N2. The number of nitrogens with zero attached hydrogens (tertiary/aromatic N) is 2. The molecule has 0 spiro atoms. The van der Waals surface area contributed by atoms with E-state index in [9.17, 15) is 0 Å². The largest absolute Gasteiger partial charge is 0.229 e. The molecule has 0 aliphatic heterocycles. The molecule has 2 heteroatoms. The maximum absolute atomic E-state index is 4.02. The lowest BCUT2D eigenvalue weighted by Crippen LogP contribution is -1.84. The summed E-state index contributed by atoms with van der Waals surface area (Å²) in [5.41, 5.74) is 2.57. The van der Waals surface area contributed by atoms with Gasteiger partial charge in [-0.05, 0) is 17.5 Å². The van der Waals surface area contributed by atoms with Crippen molar-refractivity contribution in [3.8, 4) is 0 Å². The first kappa shape index (κ1) is 9.69. The van der Waals surface area contributed by atoms with Crippen molar-refractivity contribution in [3.63, 3.8) is 0 Å². The Bertz CT molecular complexity index is 323. The number of rotatable bonds is 3. The molecule has 0 saturated heterocycles. The van der Waals surface area contributed by atoms with Crippen molar-refractivity contribution < 1.29 is 0 Å². The number of aliphatic imine (C=N–C) groups is 2. The molecule has 2 nitrogen and oxygen atoms in total. The van der Waals surface area contributed by atoms with Gasteiger partial charge in [0.05, 0.1) is 12.6 Å². The molecule has 0 unspecified atom stereocenters. The van der Waals surface area contributed by atoms with Gasteiger partial charge < -0.3 is 0 Å². The first-order chi connectivity index (χ1) is 6.36. The first-order valence-electron chi connectivity index (χ1n) is 4.45. The van der Waals surface area contributed by atoms with Crippen LogP contribution in [0.15, 0.2) is 34.3 Å². The lowest BCUT2D eigenvalue weighted by Gasteiger charge is -1.98. The minimum atomic E-state index is 0.672. The predicted octanol–water partition coefficient (Wildman–Crippen LogP) is 2.55. The summed E-state index contributed by atoms with van der Waals surface area (Å²) < 4.78 is 0. The van der Waals surface area contributed by atoms with E-state index in [1.165, 1.54) is 11.1 Å². The highest BCUT2D eigenvalue weighted by Crippen LogP contribution is 2.06. The van der Waals surface area contributed by atoms with E-state index in [-0.39, 0.29) is 0 Å². The maximum atomic E-state index is 4.02. The van der Waals surface area contributed by atoms with Crippen molar-refractivity contribution >= 4 is 6.01 Å². The minimum absolute atomic E-state index is 0.672. The zero-order valence-corrected chi connectivity index (χ0v) is 8.12. The molecule has 0 radical (unpaired) electrons. The van der Waals surface area contributed by atoms with Gasteiger partial charge in [-0.1, -0.05) is 31.2 Å². The van der Waals surface area contributed by atoms with Crippen LogP contribution in [-0.2, 0) is 13.0 Å². The van der Waals surface area contributed by atoms with E-state index < -0.39 is 0 Å². The van der Waals surface area contributed by atoms with Gasteiger partial charge in [-0.2, -0.15) is 0 Å². The Morgan fingerprint density at radius 2 is 2.08 bits per heavy atom. The Morgan fingerprint density at radius 3 is 2.77 bits per heavy atom. The monoisotopic (exact) mass is 174 g/mol. The van der Waals surface area contributed by atoms with E-state index in [2.05, 4.69) is 47.2 Å². The van der Waals surface area contributed by atoms with Crippen LogP contribution in [0, 0.1) is 0 Å². The maximum Gasteiger partial charge on any atom is 0.0893 e. The molecule has 1 aromatic carbocycles. The molecule has 0 aromatic heterocycles. The van der Waals surface area contributed by atoms with Crippen LogP contribution in [0.4, 0.5) is 0 Å². The summed E-state index contributed by atoms with van der Waals surface area (Å²) in [6, 6.07) is 11.0. The summed E-state index contributed by atoms with van der Waals surface area (Å²) in [4.78, 5) is 7.70. The van der Waals surface area contributed by atoms with Crippen LogP contribution in [0.1, 0.15) is 18.1 Å². The van der Waals surface area contributed by atoms with Gasteiger partial charge in [0, 0.05) is 7.05 Å². The molecule has 68 valence electrons. The van der Waals surface area contributed by atoms with Gasteiger partial charge in [-0.3, -0.25) is 0 Å². The van der Waals surface area contributed by atoms with Crippen LogP contribution in [0.5, 0.6) is 0 Å². The highest BCUT2D eigenvalue weighted by atomic mass is 14.8. The van der Waals surface area contributed by atoms with Crippen LogP contribution in [0.25, 0.3) is 0 Å². The lowest BCUT2D eigenvalue weighted by molar-refractivity contribution is 1.05. The number of benzene rings is 1. The Hall–Kier alpha value is -1.40. The summed E-state index contributed by atoms with van der Waals surface area (Å²) in [5.74, 6) is 0. The molecule has 0 aliphatic carbocycles. The number of hydrogen-bond donors (Lipinski definition) is 0. The van der Waals surface area contributed by atoms with Gasteiger partial charge in [0.2, 0.25) is 0 Å². The topological polar surface area (TPSA) is 24.7 Å². The third kappa shape index (κ3) is 3.22. The molecule has 1 aromatic rings. The molecule has 0 heterocycles. The summed E-state index contributed by atoms with van der Waals surface area (Å²) >= 11 is 0. The number of hydrogen-bond acceptors (Lipinski definition) is 2. The van der Waals surface area contributed by atoms with Gasteiger partial charge in [0.25, 0.3) is 0 Å². The van der Waals surface area contributed by atoms with Crippen LogP contribution in [0.3, 0.4) is 0 Å². The lowest BCUT2D eigenvalue weighted by atomic mass is 10.1. The highest BCUT2D eigenvalue weighted by molar-refractivity contribution is 5.41. The van der Waals surface area contributed by atoms with Crippen LogP contribution >= 0.6 is 0 Å². The van der Waals surface area contributed by atoms with Crippen molar-refractivity contribution in [1.29, 1.82) is 0 Å². The van der Waals surface area contributed by atoms with Crippen molar-refractivity contribution in [3.05, 3.63) is 35.4 Å². The fourth-order valence-corrected chi connectivity index (χ4v) is 1.15. The molecule has 1 rings (SSSR count). The molecule has 0 fully saturated rings. The molecule has 0 amide bonds. The second-order valence-electron chi connectivity index (χ2n) is 2.81. The van der Waals surface area contributed by atoms with E-state index in [4.69, 9.17) is 0 Å². The molecule has 13 heavy (non-hydrogen) atoms. The van der Waals surface area contributed by atoms with Gasteiger partial charge >= 0.3 is 0 Å². The summed E-state index contributed by atoms with van der Waals surface area (Å²) in [7, 11) is 1.67. The van der Waals surface area contributed by atoms with Crippen molar-refractivity contribution in [1.82, 2.24) is 0 Å². The van der Waals surface area contributed by atoms with E-state index in [1.807, 2.05) is 0 Å². The second-order valence-corrected chi connectivity index (χ2v) is 2.81. The van der Waals surface area contributed by atoms with Crippen molar-refractivity contribution in [2.75, 3.05) is 7.05 Å². The molecular weight excluding hydrogens is 160 g/mol. The Labute approximate surface area is 79.0 Å². The fourth-order valence-electron chi connectivity index (χ4n) is 1.15. The average Bonchev–Trinajstić information content (AvgIpc) is 2.19. The van der Waals surface area contributed by atoms with Crippen LogP contribution in [0.2, 0.25) is 0 Å². The smallest absolute Gasteiger partial charge is 0.0893 e. The molecule has 0 aliphatic rings. The molecule has 0 bridgehead atoms. The first-order valence-corrected chi connectivity index (χ1v) is 4.45. The summed E-state index contributed by atoms with van der Waals surface area (Å²) in [6.45, 7) is 2.82. The van der Waals surface area contributed by atoms with E-state index in [1.54, 1.807) is 7.05 Å². The highest BCUT2D eigenvalue weighted by Gasteiger charge is 1.91.